The van der Waals surface area contributed by atoms with Crippen molar-refractivity contribution in [2.45, 2.75) is 0 Å². The highest BCUT2D eigenvalue weighted by Gasteiger charge is 2.15. The summed E-state index contributed by atoms with van der Waals surface area (Å²) in [6.45, 7) is 0. The summed E-state index contributed by atoms with van der Waals surface area (Å²) in [5, 5.41) is 5.29. The number of thiophene rings is 1. The first-order valence-electron chi connectivity index (χ1n) is 12.9. The number of aromatic nitrogens is 1. The van der Waals surface area contributed by atoms with E-state index in [-0.39, 0.29) is 0 Å². The Bertz CT molecular complexity index is 2060. The van der Waals surface area contributed by atoms with Gasteiger partial charge in [-0.15, -0.1) is 11.3 Å². The second-order valence-electron chi connectivity index (χ2n) is 9.88. The fourth-order valence-electron chi connectivity index (χ4n) is 5.77. The van der Waals surface area contributed by atoms with E-state index in [2.05, 4.69) is 138 Å². The van der Waals surface area contributed by atoms with Crippen molar-refractivity contribution in [3.05, 3.63) is 133 Å². The van der Waals surface area contributed by atoms with Crippen molar-refractivity contribution < 1.29 is 0 Å². The monoisotopic (exact) mass is 501 g/mol. The maximum absolute atomic E-state index is 3.68. The highest BCUT2D eigenvalue weighted by molar-refractivity contribution is 7.26. The van der Waals surface area contributed by atoms with Gasteiger partial charge in [0.25, 0.3) is 0 Å². The maximum Gasteiger partial charge on any atom is 0.0472 e. The van der Waals surface area contributed by atoms with E-state index in [0.29, 0.717) is 0 Å². The standard InChI is InChI=1S/C36H23NS/c1-3-9-23(10-4-1)26-19-27(24-11-5-2-6-12-24)21-28(20-26)25-15-16-31-30(22-25)35-32(37-31)17-18-34-36(35)29-13-7-8-14-33(29)38-34/h1-22,37H. The van der Waals surface area contributed by atoms with Crippen molar-refractivity contribution in [3.63, 3.8) is 0 Å². The normalized spacial score (nSPS) is 11.7. The Kier molecular flexibility index (Phi) is 4.76. The zero-order chi connectivity index (χ0) is 25.1. The largest absolute Gasteiger partial charge is 0.354 e. The molecule has 8 aromatic rings. The molecular formula is C36H23NS. The molecule has 0 radical (unpaired) electrons. The van der Waals surface area contributed by atoms with Crippen LogP contribution in [-0.4, -0.2) is 4.98 Å². The molecule has 178 valence electrons. The molecule has 0 aliphatic heterocycles. The molecule has 0 aliphatic carbocycles. The molecule has 0 aliphatic rings. The summed E-state index contributed by atoms with van der Waals surface area (Å²) in [4.78, 5) is 3.68. The Hall–Kier alpha value is -4.66. The lowest BCUT2D eigenvalue weighted by Gasteiger charge is -2.11. The lowest BCUT2D eigenvalue weighted by Crippen LogP contribution is -1.86. The van der Waals surface area contributed by atoms with Gasteiger partial charge in [-0.2, -0.15) is 0 Å². The fraction of sp³-hybridized carbons (Fsp3) is 0. The van der Waals surface area contributed by atoms with Crippen molar-refractivity contribution in [1.29, 1.82) is 0 Å². The summed E-state index contributed by atoms with van der Waals surface area (Å²) >= 11 is 1.87. The van der Waals surface area contributed by atoms with Gasteiger partial charge < -0.3 is 4.98 Å². The van der Waals surface area contributed by atoms with Crippen molar-refractivity contribution in [2.24, 2.45) is 0 Å². The van der Waals surface area contributed by atoms with E-state index in [1.54, 1.807) is 0 Å². The molecule has 0 bridgehead atoms. The van der Waals surface area contributed by atoms with E-state index in [1.165, 1.54) is 75.4 Å². The van der Waals surface area contributed by atoms with E-state index in [4.69, 9.17) is 0 Å². The lowest BCUT2D eigenvalue weighted by atomic mass is 9.92. The zero-order valence-electron chi connectivity index (χ0n) is 20.6. The van der Waals surface area contributed by atoms with Crippen LogP contribution in [0.5, 0.6) is 0 Å². The van der Waals surface area contributed by atoms with Gasteiger partial charge in [-0.05, 0) is 81.9 Å². The Balaban J connectivity index is 1.40. The minimum Gasteiger partial charge on any atom is -0.354 e. The predicted octanol–water partition coefficient (Wildman–Crippen LogP) is 10.7. The molecule has 8 rings (SSSR count). The SMILES string of the molecule is c1ccc(-c2cc(-c3ccccc3)cc(-c3ccc4[nH]c5ccc6sc7ccccc7c6c5c4c3)c2)cc1. The minimum absolute atomic E-state index is 1.18. The van der Waals surface area contributed by atoms with Gasteiger partial charge in [0.2, 0.25) is 0 Å². The molecule has 0 fully saturated rings. The van der Waals surface area contributed by atoms with Crippen molar-refractivity contribution >= 4 is 53.3 Å². The summed E-state index contributed by atoms with van der Waals surface area (Å²) in [6, 6.07) is 48.4. The van der Waals surface area contributed by atoms with Crippen LogP contribution in [0, 0.1) is 0 Å². The third-order valence-corrected chi connectivity index (χ3v) is 8.72. The number of benzene rings is 6. The van der Waals surface area contributed by atoms with Crippen LogP contribution in [0.2, 0.25) is 0 Å². The van der Waals surface area contributed by atoms with E-state index in [1.807, 2.05) is 11.3 Å². The minimum atomic E-state index is 1.18. The first kappa shape index (κ1) is 21.4. The van der Waals surface area contributed by atoms with E-state index in [0.717, 1.165) is 0 Å². The highest BCUT2D eigenvalue weighted by atomic mass is 32.1. The number of fused-ring (bicyclic) bond motifs is 7. The quantitative estimate of drug-likeness (QED) is 0.248. The van der Waals surface area contributed by atoms with Gasteiger partial charge in [-0.25, -0.2) is 0 Å². The van der Waals surface area contributed by atoms with Gasteiger partial charge in [0.05, 0.1) is 0 Å². The summed E-state index contributed by atoms with van der Waals surface area (Å²) in [5.74, 6) is 0. The third-order valence-electron chi connectivity index (χ3n) is 7.58. The zero-order valence-corrected chi connectivity index (χ0v) is 21.4. The number of nitrogens with one attached hydrogen (secondary N) is 1. The van der Waals surface area contributed by atoms with Crippen molar-refractivity contribution in [1.82, 2.24) is 4.98 Å². The van der Waals surface area contributed by atoms with Crippen LogP contribution >= 0.6 is 11.3 Å². The molecule has 0 saturated heterocycles. The van der Waals surface area contributed by atoms with Gasteiger partial charge in [0, 0.05) is 42.0 Å². The molecule has 1 nitrogen and oxygen atoms in total. The summed E-state index contributed by atoms with van der Waals surface area (Å²) in [7, 11) is 0. The summed E-state index contributed by atoms with van der Waals surface area (Å²) in [6.07, 6.45) is 0. The van der Waals surface area contributed by atoms with Gasteiger partial charge in [-0.3, -0.25) is 0 Å². The Morgan fingerprint density at radius 3 is 1.68 bits per heavy atom. The third kappa shape index (κ3) is 3.38. The Labute approximate surface area is 224 Å². The lowest BCUT2D eigenvalue weighted by molar-refractivity contribution is 1.54. The van der Waals surface area contributed by atoms with Crippen LogP contribution in [-0.2, 0) is 0 Å². The smallest absolute Gasteiger partial charge is 0.0472 e. The second kappa shape index (κ2) is 8.44. The number of hydrogen-bond donors (Lipinski definition) is 1. The van der Waals surface area contributed by atoms with Crippen molar-refractivity contribution in [3.8, 4) is 33.4 Å². The van der Waals surface area contributed by atoms with Gasteiger partial charge in [0.15, 0.2) is 0 Å². The number of hydrogen-bond acceptors (Lipinski definition) is 1. The van der Waals surface area contributed by atoms with Gasteiger partial charge in [0.1, 0.15) is 0 Å². The first-order chi connectivity index (χ1) is 18.8. The molecule has 2 heteroatoms. The summed E-state index contributed by atoms with van der Waals surface area (Å²) < 4.78 is 2.67. The van der Waals surface area contributed by atoms with Crippen LogP contribution in [0.15, 0.2) is 133 Å². The van der Waals surface area contributed by atoms with Gasteiger partial charge >= 0.3 is 0 Å². The van der Waals surface area contributed by atoms with Crippen LogP contribution in [0.3, 0.4) is 0 Å². The molecule has 6 aromatic carbocycles. The first-order valence-corrected chi connectivity index (χ1v) is 13.8. The number of H-pyrrole nitrogens is 1. The van der Waals surface area contributed by atoms with Crippen molar-refractivity contribution in [2.75, 3.05) is 0 Å². The molecule has 0 amide bonds. The van der Waals surface area contributed by atoms with Crippen LogP contribution < -0.4 is 0 Å². The van der Waals surface area contributed by atoms with E-state index < -0.39 is 0 Å². The molecule has 0 spiro atoms. The topological polar surface area (TPSA) is 15.8 Å². The van der Waals surface area contributed by atoms with Crippen LogP contribution in [0.4, 0.5) is 0 Å². The summed E-state index contributed by atoms with van der Waals surface area (Å²) in [5.41, 5.74) is 9.73. The average Bonchev–Trinajstić information content (AvgIpc) is 3.55. The molecule has 2 heterocycles. The molecule has 0 atom stereocenters. The maximum atomic E-state index is 3.68. The molecular weight excluding hydrogens is 478 g/mol. The molecule has 38 heavy (non-hydrogen) atoms. The average molecular weight is 502 g/mol. The highest BCUT2D eigenvalue weighted by Crippen LogP contribution is 2.42. The number of aromatic amines is 1. The Morgan fingerprint density at radius 1 is 0.368 bits per heavy atom. The number of rotatable bonds is 3. The predicted molar refractivity (Wildman–Crippen MR) is 165 cm³/mol. The van der Waals surface area contributed by atoms with Crippen LogP contribution in [0.25, 0.3) is 75.4 Å². The fourth-order valence-corrected chi connectivity index (χ4v) is 6.89. The molecule has 0 saturated carbocycles. The molecule has 1 N–H and O–H groups in total. The Morgan fingerprint density at radius 2 is 0.974 bits per heavy atom. The van der Waals surface area contributed by atoms with Gasteiger partial charge in [-0.1, -0.05) is 84.9 Å². The molecule has 2 aromatic heterocycles. The molecule has 0 unspecified atom stereocenters. The van der Waals surface area contributed by atoms with E-state index in [9.17, 15) is 0 Å². The van der Waals surface area contributed by atoms with E-state index >= 15 is 0 Å². The van der Waals surface area contributed by atoms with Crippen LogP contribution in [0.1, 0.15) is 0 Å². The second-order valence-corrected chi connectivity index (χ2v) is 11.0.